The normalized spacial score (nSPS) is 10.6. The van der Waals surface area contributed by atoms with Crippen LogP contribution in [0.25, 0.3) is 10.6 Å². The summed E-state index contributed by atoms with van der Waals surface area (Å²) in [7, 11) is 0. The molecule has 0 radical (unpaired) electrons. The molecule has 134 valence electrons. The summed E-state index contributed by atoms with van der Waals surface area (Å²) in [5.74, 6) is -0.860. The van der Waals surface area contributed by atoms with E-state index < -0.39 is 5.91 Å². The fourth-order valence-electron chi connectivity index (χ4n) is 2.30. The van der Waals surface area contributed by atoms with Crippen molar-refractivity contribution in [1.29, 1.82) is 0 Å². The van der Waals surface area contributed by atoms with Crippen molar-refractivity contribution in [2.24, 2.45) is 0 Å². The zero-order valence-electron chi connectivity index (χ0n) is 14.1. The van der Waals surface area contributed by atoms with Gasteiger partial charge in [0.15, 0.2) is 0 Å². The standard InChI is InChI=1S/C17H16ClN5O2S/c1-10-7-11(2)23(22-10)8-15(24)20-21-16(25)14-9-26-17(19-14)12-3-5-13(18)6-4-12/h3-7,9H,8H2,1-2H3,(H,20,24)(H,21,25). The number of halogens is 1. The van der Waals surface area contributed by atoms with Gasteiger partial charge < -0.3 is 0 Å². The number of hydrazine groups is 1. The van der Waals surface area contributed by atoms with Crippen LogP contribution >= 0.6 is 22.9 Å². The third-order valence-electron chi connectivity index (χ3n) is 3.54. The van der Waals surface area contributed by atoms with Crippen molar-refractivity contribution in [3.63, 3.8) is 0 Å². The van der Waals surface area contributed by atoms with Gasteiger partial charge in [0.05, 0.1) is 5.69 Å². The maximum atomic E-state index is 12.1. The molecule has 0 saturated heterocycles. The van der Waals surface area contributed by atoms with Crippen LogP contribution in [0.4, 0.5) is 0 Å². The molecule has 2 heterocycles. The summed E-state index contributed by atoms with van der Waals surface area (Å²) in [6.45, 7) is 3.73. The van der Waals surface area contributed by atoms with E-state index in [0.29, 0.717) is 10.0 Å². The Bertz CT molecular complexity index is 948. The maximum Gasteiger partial charge on any atom is 0.289 e. The van der Waals surface area contributed by atoms with E-state index in [0.717, 1.165) is 17.0 Å². The van der Waals surface area contributed by atoms with E-state index in [4.69, 9.17) is 11.6 Å². The molecule has 0 atom stereocenters. The third kappa shape index (κ3) is 4.27. The summed E-state index contributed by atoms with van der Waals surface area (Å²) < 4.78 is 1.57. The molecule has 2 N–H and O–H groups in total. The zero-order chi connectivity index (χ0) is 18.7. The Morgan fingerprint density at radius 2 is 1.92 bits per heavy atom. The highest BCUT2D eigenvalue weighted by molar-refractivity contribution is 7.13. The van der Waals surface area contributed by atoms with E-state index in [-0.39, 0.29) is 18.1 Å². The number of hydrogen-bond donors (Lipinski definition) is 2. The predicted octanol–water partition coefficient (Wildman–Crippen LogP) is 2.74. The van der Waals surface area contributed by atoms with Crippen LogP contribution in [-0.4, -0.2) is 26.6 Å². The molecule has 3 rings (SSSR count). The summed E-state index contributed by atoms with van der Waals surface area (Å²) in [5, 5.41) is 7.16. The van der Waals surface area contributed by atoms with Crippen LogP contribution in [0, 0.1) is 13.8 Å². The molecule has 0 saturated carbocycles. The zero-order valence-corrected chi connectivity index (χ0v) is 15.7. The van der Waals surface area contributed by atoms with Gasteiger partial charge in [-0.3, -0.25) is 25.1 Å². The lowest BCUT2D eigenvalue weighted by Gasteiger charge is -2.07. The van der Waals surface area contributed by atoms with E-state index in [1.54, 1.807) is 22.2 Å². The number of carbonyl (C=O) groups excluding carboxylic acids is 2. The van der Waals surface area contributed by atoms with Crippen LogP contribution in [0.2, 0.25) is 5.02 Å². The van der Waals surface area contributed by atoms with Gasteiger partial charge >= 0.3 is 0 Å². The van der Waals surface area contributed by atoms with Crippen LogP contribution in [-0.2, 0) is 11.3 Å². The largest absolute Gasteiger partial charge is 0.289 e. The molecule has 3 aromatic rings. The smallest absolute Gasteiger partial charge is 0.271 e. The second kappa shape index (κ2) is 7.67. The lowest BCUT2D eigenvalue weighted by molar-refractivity contribution is -0.122. The van der Waals surface area contributed by atoms with Gasteiger partial charge in [-0.1, -0.05) is 23.7 Å². The third-order valence-corrected chi connectivity index (χ3v) is 4.68. The fourth-order valence-corrected chi connectivity index (χ4v) is 3.24. The Morgan fingerprint density at radius 3 is 2.58 bits per heavy atom. The number of nitrogens with zero attached hydrogens (tertiary/aromatic N) is 3. The van der Waals surface area contributed by atoms with Gasteiger partial charge in [0.1, 0.15) is 17.2 Å². The molecule has 0 aliphatic rings. The predicted molar refractivity (Wildman–Crippen MR) is 99.9 cm³/mol. The summed E-state index contributed by atoms with van der Waals surface area (Å²) in [6.07, 6.45) is 0. The van der Waals surface area contributed by atoms with E-state index in [9.17, 15) is 9.59 Å². The van der Waals surface area contributed by atoms with Crippen molar-refractivity contribution >= 4 is 34.8 Å². The quantitative estimate of drug-likeness (QED) is 0.671. The molecule has 26 heavy (non-hydrogen) atoms. The molecule has 0 spiro atoms. The van der Waals surface area contributed by atoms with Crippen molar-refractivity contribution in [1.82, 2.24) is 25.6 Å². The minimum atomic E-state index is -0.483. The Morgan fingerprint density at radius 1 is 1.19 bits per heavy atom. The second-order valence-corrected chi connectivity index (χ2v) is 6.93. The molecule has 0 unspecified atom stereocenters. The van der Waals surface area contributed by atoms with Crippen molar-refractivity contribution in [3.05, 3.63) is 57.8 Å². The minimum absolute atomic E-state index is 0.0209. The van der Waals surface area contributed by atoms with E-state index >= 15 is 0 Å². The van der Waals surface area contributed by atoms with Gasteiger partial charge in [-0.2, -0.15) is 5.10 Å². The number of hydrogen-bond acceptors (Lipinski definition) is 5. The molecular weight excluding hydrogens is 374 g/mol. The van der Waals surface area contributed by atoms with Crippen LogP contribution in [0.1, 0.15) is 21.9 Å². The first-order chi connectivity index (χ1) is 12.4. The maximum absolute atomic E-state index is 12.1. The number of rotatable bonds is 4. The SMILES string of the molecule is Cc1cc(C)n(CC(=O)NNC(=O)c2csc(-c3ccc(Cl)cc3)n2)n1. The van der Waals surface area contributed by atoms with Crippen LogP contribution in [0.5, 0.6) is 0 Å². The number of thiazole rings is 1. The molecule has 9 heteroatoms. The molecule has 7 nitrogen and oxygen atoms in total. The van der Waals surface area contributed by atoms with Gasteiger partial charge in [0.2, 0.25) is 0 Å². The Hall–Kier alpha value is -2.71. The number of amides is 2. The number of aromatic nitrogens is 3. The average Bonchev–Trinajstić information content (AvgIpc) is 3.20. The van der Waals surface area contributed by atoms with Gasteiger partial charge in [-0.25, -0.2) is 4.98 Å². The topological polar surface area (TPSA) is 88.9 Å². The molecule has 2 aromatic heterocycles. The Labute approximate surface area is 159 Å². The summed E-state index contributed by atoms with van der Waals surface area (Å²) in [4.78, 5) is 28.4. The molecule has 0 fully saturated rings. The molecular formula is C17H16ClN5O2S. The molecule has 1 aromatic carbocycles. The number of nitrogens with one attached hydrogen (secondary N) is 2. The molecule has 0 aliphatic heterocycles. The lowest BCUT2D eigenvalue weighted by Crippen LogP contribution is -2.43. The van der Waals surface area contributed by atoms with Crippen LogP contribution in [0.3, 0.4) is 0 Å². The molecule has 0 aliphatic carbocycles. The number of benzene rings is 1. The van der Waals surface area contributed by atoms with Gasteiger partial charge in [0.25, 0.3) is 11.8 Å². The fraction of sp³-hybridized carbons (Fsp3) is 0.176. The van der Waals surface area contributed by atoms with Crippen molar-refractivity contribution < 1.29 is 9.59 Å². The molecule has 2 amide bonds. The van der Waals surface area contributed by atoms with Crippen molar-refractivity contribution in [3.8, 4) is 10.6 Å². The van der Waals surface area contributed by atoms with E-state index in [2.05, 4.69) is 20.9 Å². The Balaban J connectivity index is 1.57. The van der Waals surface area contributed by atoms with Gasteiger partial charge in [-0.05, 0) is 32.0 Å². The van der Waals surface area contributed by atoms with Crippen LogP contribution in [0.15, 0.2) is 35.7 Å². The minimum Gasteiger partial charge on any atom is -0.271 e. The first kappa shape index (κ1) is 18.1. The average molecular weight is 390 g/mol. The number of aryl methyl sites for hydroxylation is 2. The molecule has 0 bridgehead atoms. The van der Waals surface area contributed by atoms with Crippen molar-refractivity contribution in [2.45, 2.75) is 20.4 Å². The summed E-state index contributed by atoms with van der Waals surface area (Å²) >= 11 is 7.20. The Kier molecular flexibility index (Phi) is 5.34. The van der Waals surface area contributed by atoms with Crippen LogP contribution < -0.4 is 10.9 Å². The van der Waals surface area contributed by atoms with E-state index in [1.165, 1.54) is 11.3 Å². The van der Waals surface area contributed by atoms with Crippen molar-refractivity contribution in [2.75, 3.05) is 0 Å². The number of carbonyl (C=O) groups is 2. The summed E-state index contributed by atoms with van der Waals surface area (Å²) in [6, 6.07) is 9.06. The van der Waals surface area contributed by atoms with E-state index in [1.807, 2.05) is 32.0 Å². The lowest BCUT2D eigenvalue weighted by atomic mass is 10.2. The van der Waals surface area contributed by atoms with Gasteiger partial charge in [0, 0.05) is 21.7 Å². The highest BCUT2D eigenvalue weighted by atomic mass is 35.5. The first-order valence-electron chi connectivity index (χ1n) is 7.74. The first-order valence-corrected chi connectivity index (χ1v) is 9.00. The monoisotopic (exact) mass is 389 g/mol. The highest BCUT2D eigenvalue weighted by Crippen LogP contribution is 2.24. The highest BCUT2D eigenvalue weighted by Gasteiger charge is 2.13. The van der Waals surface area contributed by atoms with Gasteiger partial charge in [-0.15, -0.1) is 11.3 Å². The second-order valence-electron chi connectivity index (χ2n) is 5.63. The summed E-state index contributed by atoms with van der Waals surface area (Å²) in [5.41, 5.74) is 7.53.